The van der Waals surface area contributed by atoms with Crippen LogP contribution < -0.4 is 4.74 Å². The number of esters is 1. The molecule has 0 bridgehead atoms. The average molecular weight is 345 g/mol. The van der Waals surface area contributed by atoms with Crippen LogP contribution in [0.25, 0.3) is 0 Å². The Hall–Kier alpha value is -1.76. The highest BCUT2D eigenvalue weighted by atomic mass is 19.4. The number of alkyl halides is 3. The van der Waals surface area contributed by atoms with Gasteiger partial charge in [-0.1, -0.05) is 18.6 Å². The highest BCUT2D eigenvalue weighted by molar-refractivity contribution is 5.75. The molecular weight excluding hydrogens is 323 g/mol. The lowest BCUT2D eigenvalue weighted by Crippen LogP contribution is -2.44. The Bertz CT molecular complexity index is 548. The smallest absolute Gasteiger partial charge is 0.422 e. The van der Waals surface area contributed by atoms with Crippen molar-refractivity contribution in [3.63, 3.8) is 0 Å². The van der Waals surface area contributed by atoms with E-state index in [9.17, 15) is 18.0 Å². The predicted molar refractivity (Wildman–Crippen MR) is 82.7 cm³/mol. The lowest BCUT2D eigenvalue weighted by molar-refractivity contribution is -0.153. The molecule has 1 heterocycles. The van der Waals surface area contributed by atoms with Crippen LogP contribution in [0.3, 0.4) is 0 Å². The quantitative estimate of drug-likeness (QED) is 0.739. The molecule has 1 atom stereocenters. The van der Waals surface area contributed by atoms with Gasteiger partial charge in [0.05, 0.1) is 6.61 Å². The molecule has 0 N–H and O–H groups in total. The van der Waals surface area contributed by atoms with Crippen molar-refractivity contribution in [3.8, 4) is 5.75 Å². The summed E-state index contributed by atoms with van der Waals surface area (Å²) in [6, 6.07) is 6.26. The Morgan fingerprint density at radius 1 is 1.33 bits per heavy atom. The van der Waals surface area contributed by atoms with E-state index in [0.717, 1.165) is 31.4 Å². The third kappa shape index (κ3) is 5.70. The molecule has 4 nitrogen and oxygen atoms in total. The molecule has 1 fully saturated rings. The molecule has 0 saturated carbocycles. The molecule has 1 aliphatic rings. The number of rotatable bonds is 6. The fourth-order valence-corrected chi connectivity index (χ4v) is 2.82. The van der Waals surface area contributed by atoms with Gasteiger partial charge in [-0.05, 0) is 44.0 Å². The van der Waals surface area contributed by atoms with Gasteiger partial charge < -0.3 is 9.47 Å². The molecule has 0 aromatic heterocycles. The number of halogens is 3. The number of hydrogen-bond donors (Lipinski definition) is 0. The van der Waals surface area contributed by atoms with Crippen LogP contribution in [-0.4, -0.2) is 42.8 Å². The highest BCUT2D eigenvalue weighted by Gasteiger charge is 2.30. The SMILES string of the molecule is CCOC(=O)C1CCCCN1Cc1cccc(OCC(F)(F)F)c1. The van der Waals surface area contributed by atoms with Crippen LogP contribution in [0, 0.1) is 0 Å². The maximum atomic E-state index is 12.2. The van der Waals surface area contributed by atoms with E-state index in [0.29, 0.717) is 13.2 Å². The third-order valence-corrected chi connectivity index (χ3v) is 3.86. The van der Waals surface area contributed by atoms with Crippen LogP contribution in [0.15, 0.2) is 24.3 Å². The Balaban J connectivity index is 2.01. The number of hydrogen-bond acceptors (Lipinski definition) is 4. The fraction of sp³-hybridized carbons (Fsp3) is 0.588. The molecule has 1 aromatic carbocycles. The van der Waals surface area contributed by atoms with Crippen molar-refractivity contribution >= 4 is 5.97 Å². The number of carbonyl (C=O) groups excluding carboxylic acids is 1. The van der Waals surface area contributed by atoms with E-state index in [1.165, 1.54) is 6.07 Å². The molecule has 1 aliphatic heterocycles. The van der Waals surface area contributed by atoms with Crippen molar-refractivity contribution in [2.75, 3.05) is 19.8 Å². The van der Waals surface area contributed by atoms with Crippen LogP contribution in [0.4, 0.5) is 13.2 Å². The van der Waals surface area contributed by atoms with E-state index in [1.807, 2.05) is 11.0 Å². The second-order valence-corrected chi connectivity index (χ2v) is 5.79. The Morgan fingerprint density at radius 3 is 2.83 bits per heavy atom. The molecule has 0 radical (unpaired) electrons. The zero-order valence-electron chi connectivity index (χ0n) is 13.6. The first-order chi connectivity index (χ1) is 11.4. The Labute approximate surface area is 139 Å². The third-order valence-electron chi connectivity index (χ3n) is 3.86. The van der Waals surface area contributed by atoms with Gasteiger partial charge in [0.1, 0.15) is 11.8 Å². The van der Waals surface area contributed by atoms with Gasteiger partial charge in [0.15, 0.2) is 6.61 Å². The molecular formula is C17H22F3NO3. The first-order valence-electron chi connectivity index (χ1n) is 8.08. The maximum Gasteiger partial charge on any atom is 0.422 e. The van der Waals surface area contributed by atoms with Gasteiger partial charge in [0.2, 0.25) is 0 Å². The summed E-state index contributed by atoms with van der Waals surface area (Å²) >= 11 is 0. The topological polar surface area (TPSA) is 38.8 Å². The second kappa shape index (κ2) is 8.37. The van der Waals surface area contributed by atoms with Crippen molar-refractivity contribution in [2.24, 2.45) is 0 Å². The number of piperidine rings is 1. The number of nitrogens with zero attached hydrogens (tertiary/aromatic N) is 1. The molecule has 1 unspecified atom stereocenters. The number of ether oxygens (including phenoxy) is 2. The lowest BCUT2D eigenvalue weighted by Gasteiger charge is -2.34. The predicted octanol–water partition coefficient (Wildman–Crippen LogP) is 3.55. The summed E-state index contributed by atoms with van der Waals surface area (Å²) in [5.74, 6) is -0.0591. The second-order valence-electron chi connectivity index (χ2n) is 5.79. The van der Waals surface area contributed by atoms with Gasteiger partial charge in [-0.25, -0.2) is 0 Å². The zero-order valence-corrected chi connectivity index (χ0v) is 13.6. The minimum atomic E-state index is -4.36. The Kier molecular flexibility index (Phi) is 6.48. The van der Waals surface area contributed by atoms with Crippen molar-refractivity contribution < 1.29 is 27.4 Å². The van der Waals surface area contributed by atoms with Crippen LogP contribution in [0.1, 0.15) is 31.7 Å². The van der Waals surface area contributed by atoms with Gasteiger partial charge in [-0.3, -0.25) is 9.69 Å². The Morgan fingerprint density at radius 2 is 2.12 bits per heavy atom. The monoisotopic (exact) mass is 345 g/mol. The van der Waals surface area contributed by atoms with E-state index in [2.05, 4.69) is 0 Å². The van der Waals surface area contributed by atoms with Gasteiger partial charge in [-0.15, -0.1) is 0 Å². The van der Waals surface area contributed by atoms with Gasteiger partial charge in [0.25, 0.3) is 0 Å². The van der Waals surface area contributed by atoms with Gasteiger partial charge >= 0.3 is 12.1 Å². The van der Waals surface area contributed by atoms with Crippen LogP contribution in [0.2, 0.25) is 0 Å². The highest BCUT2D eigenvalue weighted by Crippen LogP contribution is 2.23. The summed E-state index contributed by atoms with van der Waals surface area (Å²) in [5.41, 5.74) is 0.811. The summed E-state index contributed by atoms with van der Waals surface area (Å²) in [6.45, 7) is 2.03. The molecule has 7 heteroatoms. The van der Waals surface area contributed by atoms with E-state index < -0.39 is 12.8 Å². The zero-order chi connectivity index (χ0) is 17.6. The van der Waals surface area contributed by atoms with Gasteiger partial charge in [0, 0.05) is 6.54 Å². The van der Waals surface area contributed by atoms with E-state index in [1.54, 1.807) is 19.1 Å². The van der Waals surface area contributed by atoms with Crippen LogP contribution in [-0.2, 0) is 16.1 Å². The first-order valence-corrected chi connectivity index (χ1v) is 8.08. The average Bonchev–Trinajstić information content (AvgIpc) is 2.53. The minimum absolute atomic E-state index is 0.175. The van der Waals surface area contributed by atoms with Crippen LogP contribution in [0.5, 0.6) is 5.75 Å². The van der Waals surface area contributed by atoms with Crippen molar-refractivity contribution in [1.82, 2.24) is 4.90 Å². The van der Waals surface area contributed by atoms with Crippen molar-refractivity contribution in [1.29, 1.82) is 0 Å². The van der Waals surface area contributed by atoms with Crippen molar-refractivity contribution in [3.05, 3.63) is 29.8 Å². The summed E-state index contributed by atoms with van der Waals surface area (Å²) in [7, 11) is 0. The summed E-state index contributed by atoms with van der Waals surface area (Å²) < 4.78 is 46.6. The minimum Gasteiger partial charge on any atom is -0.484 e. The van der Waals surface area contributed by atoms with E-state index in [4.69, 9.17) is 9.47 Å². The van der Waals surface area contributed by atoms with Gasteiger partial charge in [-0.2, -0.15) is 13.2 Å². The molecule has 1 aromatic rings. The summed E-state index contributed by atoms with van der Waals surface area (Å²) in [4.78, 5) is 14.1. The van der Waals surface area contributed by atoms with E-state index >= 15 is 0 Å². The molecule has 1 saturated heterocycles. The molecule has 0 spiro atoms. The van der Waals surface area contributed by atoms with E-state index in [-0.39, 0.29) is 17.8 Å². The lowest BCUT2D eigenvalue weighted by atomic mass is 10.0. The molecule has 134 valence electrons. The molecule has 0 aliphatic carbocycles. The van der Waals surface area contributed by atoms with Crippen molar-refractivity contribution in [2.45, 2.75) is 44.9 Å². The number of benzene rings is 1. The van der Waals surface area contributed by atoms with Crippen LogP contribution >= 0.6 is 0 Å². The maximum absolute atomic E-state index is 12.2. The molecule has 2 rings (SSSR count). The first kappa shape index (κ1) is 18.6. The largest absolute Gasteiger partial charge is 0.484 e. The fourth-order valence-electron chi connectivity index (χ4n) is 2.82. The number of likely N-dealkylation sites (tertiary alicyclic amines) is 1. The molecule has 24 heavy (non-hydrogen) atoms. The normalized spacial score (nSPS) is 19.1. The number of carbonyl (C=O) groups is 1. The summed E-state index contributed by atoms with van der Waals surface area (Å²) in [5, 5.41) is 0. The summed E-state index contributed by atoms with van der Waals surface area (Å²) in [6.07, 6.45) is -1.67. The standard InChI is InChI=1S/C17H22F3NO3/c1-2-23-16(22)15-8-3-4-9-21(15)11-13-6-5-7-14(10-13)24-12-17(18,19)20/h5-7,10,15H,2-4,8-9,11-12H2,1H3. The molecule has 0 amide bonds.